The molecule has 0 aliphatic carbocycles. The van der Waals surface area contributed by atoms with Crippen molar-refractivity contribution in [3.8, 4) is 0 Å². The molecular formula is C20H21Cl2N3O3. The van der Waals surface area contributed by atoms with Gasteiger partial charge in [0.25, 0.3) is 0 Å². The number of nitrogens with two attached hydrogens (primary N) is 1. The molecule has 1 heterocycles. The van der Waals surface area contributed by atoms with Crippen molar-refractivity contribution in [1.82, 2.24) is 4.90 Å². The summed E-state index contributed by atoms with van der Waals surface area (Å²) in [7, 11) is 0. The normalized spacial score (nSPS) is 15.2. The number of halogens is 2. The number of nitrogens with zero attached hydrogens (tertiary/aromatic N) is 2. The van der Waals surface area contributed by atoms with Gasteiger partial charge in [-0.2, -0.15) is 0 Å². The number of amides is 2. The highest BCUT2D eigenvalue weighted by molar-refractivity contribution is 6.42. The number of carbonyl (C=O) groups excluding carboxylic acids is 2. The first-order chi connectivity index (χ1) is 13.4. The molecular weight excluding hydrogens is 401 g/mol. The van der Waals surface area contributed by atoms with Gasteiger partial charge in [-0.15, -0.1) is 0 Å². The van der Waals surface area contributed by atoms with E-state index in [1.807, 2.05) is 42.5 Å². The molecule has 8 heteroatoms. The molecule has 1 aliphatic heterocycles. The fourth-order valence-electron chi connectivity index (χ4n) is 3.22. The van der Waals surface area contributed by atoms with Crippen LogP contribution < -0.4 is 10.6 Å². The summed E-state index contributed by atoms with van der Waals surface area (Å²) in [5.41, 5.74) is 6.89. The van der Waals surface area contributed by atoms with E-state index in [0.29, 0.717) is 36.2 Å². The SMILES string of the molecule is NC(=O)O[C@H](CC(=O)N1CCN(c2ccc(Cl)c(Cl)c2)CC1)c1ccccc1. The number of hydrogen-bond donors (Lipinski definition) is 1. The molecule has 6 nitrogen and oxygen atoms in total. The van der Waals surface area contributed by atoms with Crippen LogP contribution in [0.25, 0.3) is 0 Å². The van der Waals surface area contributed by atoms with E-state index in [4.69, 9.17) is 33.7 Å². The lowest BCUT2D eigenvalue weighted by Crippen LogP contribution is -2.49. The van der Waals surface area contributed by atoms with Crippen molar-refractivity contribution in [3.63, 3.8) is 0 Å². The molecule has 0 spiro atoms. The van der Waals surface area contributed by atoms with E-state index < -0.39 is 12.2 Å². The van der Waals surface area contributed by atoms with E-state index in [2.05, 4.69) is 4.90 Å². The average molecular weight is 422 g/mol. The molecule has 0 aromatic heterocycles. The molecule has 148 valence electrons. The maximum absolute atomic E-state index is 12.7. The second kappa shape index (κ2) is 9.17. The predicted molar refractivity (Wildman–Crippen MR) is 110 cm³/mol. The van der Waals surface area contributed by atoms with Gasteiger partial charge in [-0.05, 0) is 23.8 Å². The molecule has 1 saturated heterocycles. The van der Waals surface area contributed by atoms with Crippen LogP contribution in [0.4, 0.5) is 10.5 Å². The summed E-state index contributed by atoms with van der Waals surface area (Å²) in [6, 6.07) is 14.6. The summed E-state index contributed by atoms with van der Waals surface area (Å²) in [5, 5.41) is 1.02. The maximum Gasteiger partial charge on any atom is 0.405 e. The van der Waals surface area contributed by atoms with Gasteiger partial charge in [0.2, 0.25) is 5.91 Å². The monoisotopic (exact) mass is 421 g/mol. The van der Waals surface area contributed by atoms with Crippen LogP contribution in [-0.4, -0.2) is 43.1 Å². The van der Waals surface area contributed by atoms with Crippen molar-refractivity contribution in [3.05, 3.63) is 64.1 Å². The number of carbonyl (C=O) groups is 2. The standard InChI is InChI=1S/C20H21Cl2N3O3/c21-16-7-6-15(12-17(16)22)24-8-10-25(11-9-24)19(26)13-18(28-20(23)27)14-4-2-1-3-5-14/h1-7,12,18H,8-11,13H2,(H2,23,27)/t18-/m1/s1. The first kappa shape index (κ1) is 20.3. The first-order valence-corrected chi connectivity index (χ1v) is 9.68. The summed E-state index contributed by atoms with van der Waals surface area (Å²) < 4.78 is 5.17. The van der Waals surface area contributed by atoms with Crippen LogP contribution in [0.2, 0.25) is 10.0 Å². The highest BCUT2D eigenvalue weighted by Gasteiger charge is 2.26. The topological polar surface area (TPSA) is 75.9 Å². The fraction of sp³-hybridized carbons (Fsp3) is 0.300. The zero-order valence-corrected chi connectivity index (χ0v) is 16.7. The number of hydrogen-bond acceptors (Lipinski definition) is 4. The Hall–Kier alpha value is -2.44. The molecule has 0 saturated carbocycles. The van der Waals surface area contributed by atoms with Gasteiger partial charge in [0, 0.05) is 31.9 Å². The minimum atomic E-state index is -0.897. The minimum Gasteiger partial charge on any atom is -0.441 e. The van der Waals surface area contributed by atoms with Crippen LogP contribution in [0.1, 0.15) is 18.1 Å². The highest BCUT2D eigenvalue weighted by Crippen LogP contribution is 2.28. The Morgan fingerprint density at radius 3 is 2.29 bits per heavy atom. The molecule has 2 N–H and O–H groups in total. The molecule has 1 atom stereocenters. The van der Waals surface area contributed by atoms with Crippen LogP contribution in [0.5, 0.6) is 0 Å². The van der Waals surface area contributed by atoms with Crippen molar-refractivity contribution in [2.24, 2.45) is 5.73 Å². The summed E-state index contributed by atoms with van der Waals surface area (Å²) in [4.78, 5) is 27.9. The largest absolute Gasteiger partial charge is 0.441 e. The van der Waals surface area contributed by atoms with Gasteiger partial charge in [0.1, 0.15) is 6.10 Å². The lowest BCUT2D eigenvalue weighted by molar-refractivity contribution is -0.133. The van der Waals surface area contributed by atoms with Crippen LogP contribution >= 0.6 is 23.2 Å². The molecule has 0 bridgehead atoms. The van der Waals surface area contributed by atoms with E-state index in [-0.39, 0.29) is 12.3 Å². The van der Waals surface area contributed by atoms with Gasteiger partial charge in [-0.3, -0.25) is 4.79 Å². The molecule has 0 radical (unpaired) electrons. The van der Waals surface area contributed by atoms with E-state index in [1.54, 1.807) is 11.0 Å². The van der Waals surface area contributed by atoms with Crippen molar-refractivity contribution < 1.29 is 14.3 Å². The van der Waals surface area contributed by atoms with E-state index in [9.17, 15) is 9.59 Å². The Morgan fingerprint density at radius 1 is 1.00 bits per heavy atom. The third-order valence-electron chi connectivity index (χ3n) is 4.69. The fourth-order valence-corrected chi connectivity index (χ4v) is 3.51. The minimum absolute atomic E-state index is 0.0553. The summed E-state index contributed by atoms with van der Waals surface area (Å²) in [5.74, 6) is -0.0797. The summed E-state index contributed by atoms with van der Waals surface area (Å²) in [6.07, 6.45) is -1.54. The molecule has 1 fully saturated rings. The first-order valence-electron chi connectivity index (χ1n) is 8.93. The van der Waals surface area contributed by atoms with Crippen molar-refractivity contribution in [2.75, 3.05) is 31.1 Å². The zero-order valence-electron chi connectivity index (χ0n) is 15.2. The third kappa shape index (κ3) is 5.09. The number of rotatable bonds is 5. The lowest BCUT2D eigenvalue weighted by Gasteiger charge is -2.36. The molecule has 2 amide bonds. The number of anilines is 1. The molecule has 2 aromatic carbocycles. The van der Waals surface area contributed by atoms with Crippen molar-refractivity contribution in [1.29, 1.82) is 0 Å². The summed E-state index contributed by atoms with van der Waals surface area (Å²) in [6.45, 7) is 2.49. The van der Waals surface area contributed by atoms with Crippen LogP contribution in [0, 0.1) is 0 Å². The molecule has 2 aromatic rings. The summed E-state index contributed by atoms with van der Waals surface area (Å²) >= 11 is 12.1. The number of ether oxygens (including phenoxy) is 1. The van der Waals surface area contributed by atoms with Gasteiger partial charge < -0.3 is 20.3 Å². The van der Waals surface area contributed by atoms with Crippen LogP contribution in [0.15, 0.2) is 48.5 Å². The van der Waals surface area contributed by atoms with Crippen molar-refractivity contribution in [2.45, 2.75) is 12.5 Å². The second-order valence-corrected chi connectivity index (χ2v) is 7.32. The van der Waals surface area contributed by atoms with Gasteiger partial charge >= 0.3 is 6.09 Å². The van der Waals surface area contributed by atoms with Crippen LogP contribution in [0.3, 0.4) is 0 Å². The number of primary amides is 1. The second-order valence-electron chi connectivity index (χ2n) is 6.51. The van der Waals surface area contributed by atoms with E-state index in [0.717, 1.165) is 11.3 Å². The van der Waals surface area contributed by atoms with E-state index >= 15 is 0 Å². The van der Waals surface area contributed by atoms with Gasteiger partial charge in [-0.25, -0.2) is 4.79 Å². The van der Waals surface area contributed by atoms with E-state index in [1.165, 1.54) is 0 Å². The molecule has 28 heavy (non-hydrogen) atoms. The molecule has 0 unspecified atom stereocenters. The lowest BCUT2D eigenvalue weighted by atomic mass is 10.1. The highest BCUT2D eigenvalue weighted by atomic mass is 35.5. The van der Waals surface area contributed by atoms with Gasteiger partial charge in [-0.1, -0.05) is 53.5 Å². The van der Waals surface area contributed by atoms with Gasteiger partial charge in [0.05, 0.1) is 16.5 Å². The maximum atomic E-state index is 12.7. The Labute approximate surface area is 173 Å². The Kier molecular flexibility index (Phi) is 6.65. The predicted octanol–water partition coefficient (Wildman–Crippen LogP) is 3.87. The zero-order chi connectivity index (χ0) is 20.1. The number of piperazine rings is 1. The van der Waals surface area contributed by atoms with Gasteiger partial charge in [0.15, 0.2) is 0 Å². The Morgan fingerprint density at radius 2 is 1.68 bits per heavy atom. The van der Waals surface area contributed by atoms with Crippen molar-refractivity contribution >= 4 is 40.9 Å². The smallest absolute Gasteiger partial charge is 0.405 e. The third-order valence-corrected chi connectivity index (χ3v) is 5.43. The molecule has 3 rings (SSSR count). The quantitative estimate of drug-likeness (QED) is 0.794. The average Bonchev–Trinajstić information content (AvgIpc) is 2.70. The Bertz CT molecular complexity index is 840. The molecule has 1 aliphatic rings. The number of benzene rings is 2. The Balaban J connectivity index is 1.60. The van der Waals surface area contributed by atoms with Crippen LogP contribution in [-0.2, 0) is 9.53 Å².